The lowest BCUT2D eigenvalue weighted by Gasteiger charge is -2.17. The first-order chi connectivity index (χ1) is 8.99. The fourth-order valence-corrected chi connectivity index (χ4v) is 2.51. The molecule has 0 atom stereocenters. The summed E-state index contributed by atoms with van der Waals surface area (Å²) < 4.78 is 5.74. The van der Waals surface area contributed by atoms with Gasteiger partial charge in [0.2, 0.25) is 11.8 Å². The summed E-state index contributed by atoms with van der Waals surface area (Å²) >= 11 is 0. The number of aryl methyl sites for hydroxylation is 3. The highest BCUT2D eigenvalue weighted by atomic mass is 16.5. The molecule has 1 saturated heterocycles. The number of hydrogen-bond acceptors (Lipinski definition) is 3. The number of imide groups is 1. The first-order valence-electron chi connectivity index (χ1n) is 6.53. The zero-order valence-corrected chi connectivity index (χ0v) is 11.7. The molecule has 0 aromatic heterocycles. The van der Waals surface area contributed by atoms with Gasteiger partial charge in [0.15, 0.2) is 0 Å². The molecule has 1 aliphatic heterocycles. The molecule has 0 spiro atoms. The van der Waals surface area contributed by atoms with E-state index in [1.165, 1.54) is 10.5 Å². The van der Waals surface area contributed by atoms with Gasteiger partial charge in [0.25, 0.3) is 0 Å². The second-order valence-corrected chi connectivity index (χ2v) is 5.02. The van der Waals surface area contributed by atoms with Crippen molar-refractivity contribution in [2.45, 2.75) is 33.6 Å². The standard InChI is InChI=1S/C15H19NO3/c1-10-8-11(2)15(12(3)9-10)19-7-6-16-13(17)4-5-14(16)18/h8-9H,4-7H2,1-3H3. The van der Waals surface area contributed by atoms with E-state index in [2.05, 4.69) is 12.1 Å². The monoisotopic (exact) mass is 261 g/mol. The number of rotatable bonds is 4. The van der Waals surface area contributed by atoms with Gasteiger partial charge in [-0.2, -0.15) is 0 Å². The lowest BCUT2D eigenvalue weighted by atomic mass is 10.1. The SMILES string of the molecule is Cc1cc(C)c(OCCN2C(=O)CCC2=O)c(C)c1. The molecular formula is C15H19NO3. The minimum Gasteiger partial charge on any atom is -0.491 e. The molecule has 4 nitrogen and oxygen atoms in total. The Labute approximate surface area is 113 Å². The first-order valence-corrected chi connectivity index (χ1v) is 6.53. The molecule has 4 heteroatoms. The predicted octanol–water partition coefficient (Wildman–Crippen LogP) is 2.14. The molecule has 0 radical (unpaired) electrons. The van der Waals surface area contributed by atoms with E-state index in [0.29, 0.717) is 26.0 Å². The third-order valence-electron chi connectivity index (χ3n) is 3.32. The largest absolute Gasteiger partial charge is 0.491 e. The molecule has 2 rings (SSSR count). The van der Waals surface area contributed by atoms with Crippen LogP contribution in [0.15, 0.2) is 12.1 Å². The molecule has 0 saturated carbocycles. The fourth-order valence-electron chi connectivity index (χ4n) is 2.51. The van der Waals surface area contributed by atoms with Crippen LogP contribution in [-0.4, -0.2) is 29.9 Å². The number of nitrogens with zero attached hydrogens (tertiary/aromatic N) is 1. The van der Waals surface area contributed by atoms with Crippen molar-refractivity contribution in [1.82, 2.24) is 4.90 Å². The van der Waals surface area contributed by atoms with Crippen molar-refractivity contribution in [3.8, 4) is 5.75 Å². The summed E-state index contributed by atoms with van der Waals surface area (Å²) in [6.45, 7) is 6.74. The van der Waals surface area contributed by atoms with Crippen molar-refractivity contribution in [3.63, 3.8) is 0 Å². The van der Waals surface area contributed by atoms with Crippen LogP contribution in [-0.2, 0) is 9.59 Å². The zero-order chi connectivity index (χ0) is 14.0. The zero-order valence-electron chi connectivity index (χ0n) is 11.7. The van der Waals surface area contributed by atoms with Crippen molar-refractivity contribution in [2.24, 2.45) is 0 Å². The van der Waals surface area contributed by atoms with Crippen molar-refractivity contribution in [2.75, 3.05) is 13.2 Å². The van der Waals surface area contributed by atoms with E-state index in [9.17, 15) is 9.59 Å². The Hall–Kier alpha value is -1.84. The van der Waals surface area contributed by atoms with Gasteiger partial charge in [-0.1, -0.05) is 17.7 Å². The minimum absolute atomic E-state index is 0.0917. The first kappa shape index (κ1) is 13.6. The highest BCUT2D eigenvalue weighted by Gasteiger charge is 2.28. The number of benzene rings is 1. The lowest BCUT2D eigenvalue weighted by Crippen LogP contribution is -2.33. The van der Waals surface area contributed by atoms with Gasteiger partial charge in [0, 0.05) is 12.8 Å². The molecular weight excluding hydrogens is 242 g/mol. The Bertz CT molecular complexity index is 483. The summed E-state index contributed by atoms with van der Waals surface area (Å²) in [6, 6.07) is 4.13. The molecule has 19 heavy (non-hydrogen) atoms. The third kappa shape index (κ3) is 2.95. The summed E-state index contributed by atoms with van der Waals surface area (Å²) in [5, 5.41) is 0. The van der Waals surface area contributed by atoms with Crippen molar-refractivity contribution in [1.29, 1.82) is 0 Å². The quantitative estimate of drug-likeness (QED) is 0.780. The van der Waals surface area contributed by atoms with E-state index in [0.717, 1.165) is 16.9 Å². The molecule has 1 aliphatic rings. The van der Waals surface area contributed by atoms with Crippen LogP contribution in [0.2, 0.25) is 0 Å². The van der Waals surface area contributed by atoms with Crippen LogP contribution in [0.25, 0.3) is 0 Å². The van der Waals surface area contributed by atoms with Crippen LogP contribution in [0, 0.1) is 20.8 Å². The van der Waals surface area contributed by atoms with Crippen molar-refractivity contribution in [3.05, 3.63) is 28.8 Å². The number of likely N-dealkylation sites (tertiary alicyclic amines) is 1. The Morgan fingerprint density at radius 3 is 2.11 bits per heavy atom. The van der Waals surface area contributed by atoms with Crippen molar-refractivity contribution >= 4 is 11.8 Å². The van der Waals surface area contributed by atoms with Gasteiger partial charge in [0.1, 0.15) is 12.4 Å². The number of hydrogen-bond donors (Lipinski definition) is 0. The minimum atomic E-state index is -0.0917. The number of carbonyl (C=O) groups is 2. The smallest absolute Gasteiger partial charge is 0.229 e. The Balaban J connectivity index is 1.96. The molecule has 0 aliphatic carbocycles. The normalized spacial score (nSPS) is 15.2. The van der Waals surface area contributed by atoms with Gasteiger partial charge >= 0.3 is 0 Å². The van der Waals surface area contributed by atoms with Gasteiger partial charge in [-0.25, -0.2) is 0 Å². The van der Waals surface area contributed by atoms with E-state index in [1.54, 1.807) is 0 Å². The summed E-state index contributed by atoms with van der Waals surface area (Å²) in [5.41, 5.74) is 3.36. The summed E-state index contributed by atoms with van der Waals surface area (Å²) in [7, 11) is 0. The van der Waals surface area contributed by atoms with Crippen molar-refractivity contribution < 1.29 is 14.3 Å². The molecule has 2 amide bonds. The second-order valence-electron chi connectivity index (χ2n) is 5.02. The maximum absolute atomic E-state index is 11.5. The van der Waals surface area contributed by atoms with Gasteiger partial charge in [0.05, 0.1) is 6.54 Å². The maximum Gasteiger partial charge on any atom is 0.229 e. The van der Waals surface area contributed by atoms with E-state index >= 15 is 0 Å². The van der Waals surface area contributed by atoms with Gasteiger partial charge in [-0.3, -0.25) is 14.5 Å². The number of ether oxygens (including phenoxy) is 1. The highest BCUT2D eigenvalue weighted by molar-refractivity contribution is 6.01. The average Bonchev–Trinajstić information content (AvgIpc) is 2.63. The molecule has 102 valence electrons. The summed E-state index contributed by atoms with van der Waals surface area (Å²) in [6.07, 6.45) is 0.669. The van der Waals surface area contributed by atoms with E-state index in [1.807, 2.05) is 20.8 Å². The van der Waals surface area contributed by atoms with Crippen LogP contribution >= 0.6 is 0 Å². The van der Waals surface area contributed by atoms with E-state index in [-0.39, 0.29) is 11.8 Å². The molecule has 0 unspecified atom stereocenters. The average molecular weight is 261 g/mol. The van der Waals surface area contributed by atoms with Crippen LogP contribution in [0.3, 0.4) is 0 Å². The summed E-state index contributed by atoms with van der Waals surface area (Å²) in [4.78, 5) is 24.2. The van der Waals surface area contributed by atoms with Gasteiger partial charge in [-0.15, -0.1) is 0 Å². The molecule has 0 bridgehead atoms. The number of amides is 2. The maximum atomic E-state index is 11.5. The Morgan fingerprint density at radius 1 is 1.05 bits per heavy atom. The molecule has 1 aromatic rings. The van der Waals surface area contributed by atoms with Crippen LogP contribution < -0.4 is 4.74 Å². The Kier molecular flexibility index (Phi) is 3.88. The highest BCUT2D eigenvalue weighted by Crippen LogP contribution is 2.24. The van der Waals surface area contributed by atoms with Crippen LogP contribution in [0.5, 0.6) is 5.75 Å². The van der Waals surface area contributed by atoms with E-state index in [4.69, 9.17) is 4.74 Å². The Morgan fingerprint density at radius 2 is 1.58 bits per heavy atom. The lowest BCUT2D eigenvalue weighted by molar-refractivity contribution is -0.138. The summed E-state index contributed by atoms with van der Waals surface area (Å²) in [5.74, 6) is 0.668. The van der Waals surface area contributed by atoms with Crippen LogP contribution in [0.4, 0.5) is 0 Å². The molecule has 1 fully saturated rings. The molecule has 0 N–H and O–H groups in total. The van der Waals surface area contributed by atoms with Gasteiger partial charge < -0.3 is 4.74 Å². The molecule has 1 aromatic carbocycles. The topological polar surface area (TPSA) is 46.6 Å². The third-order valence-corrected chi connectivity index (χ3v) is 3.32. The van der Waals surface area contributed by atoms with Gasteiger partial charge in [-0.05, 0) is 31.9 Å². The second kappa shape index (κ2) is 5.43. The fraction of sp³-hybridized carbons (Fsp3) is 0.467. The number of carbonyl (C=O) groups excluding carboxylic acids is 2. The predicted molar refractivity (Wildman–Crippen MR) is 72.1 cm³/mol. The molecule has 1 heterocycles. The van der Waals surface area contributed by atoms with E-state index < -0.39 is 0 Å². The van der Waals surface area contributed by atoms with Crippen LogP contribution in [0.1, 0.15) is 29.5 Å².